The van der Waals surface area contributed by atoms with Gasteiger partial charge in [-0.05, 0) is 54.3 Å². The molecule has 4 aromatic rings. The van der Waals surface area contributed by atoms with Crippen molar-refractivity contribution in [2.24, 2.45) is 0 Å². The number of amides is 3. The molecule has 1 atom stereocenters. The van der Waals surface area contributed by atoms with Crippen molar-refractivity contribution in [3.05, 3.63) is 112 Å². The molecule has 1 aliphatic heterocycles. The first-order valence-corrected chi connectivity index (χ1v) is 15.4. The van der Waals surface area contributed by atoms with Crippen LogP contribution in [0.2, 0.25) is 0 Å². The van der Waals surface area contributed by atoms with Gasteiger partial charge in [0.2, 0.25) is 11.8 Å². The molecule has 3 amide bonds. The summed E-state index contributed by atoms with van der Waals surface area (Å²) in [4.78, 5) is 55.1. The first-order chi connectivity index (χ1) is 20.7. The molecule has 2 N–H and O–H groups in total. The number of aryl methyl sites for hydroxylation is 1. The van der Waals surface area contributed by atoms with Gasteiger partial charge < -0.3 is 20.3 Å². The normalized spacial score (nSPS) is 13.0. The van der Waals surface area contributed by atoms with E-state index in [4.69, 9.17) is 4.74 Å². The molecule has 0 saturated heterocycles. The van der Waals surface area contributed by atoms with Crippen molar-refractivity contribution in [2.45, 2.75) is 37.0 Å². The second-order valence-electron chi connectivity index (χ2n) is 10.1. The topological polar surface area (TPSA) is 105 Å². The van der Waals surface area contributed by atoms with Gasteiger partial charge in [0.25, 0.3) is 5.91 Å². The van der Waals surface area contributed by atoms with Crippen molar-refractivity contribution >= 4 is 57.5 Å². The minimum absolute atomic E-state index is 0.0397. The summed E-state index contributed by atoms with van der Waals surface area (Å²) >= 11 is 2.64. The lowest BCUT2D eigenvalue weighted by molar-refractivity contribution is -0.129. The smallest absolute Gasteiger partial charge is 0.341 e. The van der Waals surface area contributed by atoms with Gasteiger partial charge in [0.15, 0.2) is 0 Å². The van der Waals surface area contributed by atoms with E-state index in [9.17, 15) is 19.2 Å². The molecule has 0 bridgehead atoms. The molecule has 2 heterocycles. The van der Waals surface area contributed by atoms with Crippen LogP contribution < -0.4 is 10.6 Å². The molecule has 220 valence electrons. The van der Waals surface area contributed by atoms with Crippen LogP contribution in [0.4, 0.5) is 10.7 Å². The van der Waals surface area contributed by atoms with Crippen LogP contribution in [-0.4, -0.2) is 42.2 Å². The van der Waals surface area contributed by atoms with Crippen LogP contribution in [0.5, 0.6) is 0 Å². The highest BCUT2D eigenvalue weighted by Gasteiger charge is 2.32. The number of esters is 1. The summed E-state index contributed by atoms with van der Waals surface area (Å²) in [5.41, 5.74) is 4.01. The second-order valence-corrected chi connectivity index (χ2v) is 12.4. The number of benzene rings is 3. The fourth-order valence-corrected chi connectivity index (χ4v) is 7.30. The Hall–Kier alpha value is -4.41. The number of ether oxygens (including phenoxy) is 1. The molecule has 1 aromatic heterocycles. The molecule has 0 spiro atoms. The number of hydrogen-bond donors (Lipinski definition) is 2. The third-order valence-electron chi connectivity index (χ3n) is 7.20. The molecule has 10 heteroatoms. The zero-order valence-corrected chi connectivity index (χ0v) is 25.6. The Morgan fingerprint density at radius 2 is 1.70 bits per heavy atom. The predicted molar refractivity (Wildman–Crippen MR) is 170 cm³/mol. The Kier molecular flexibility index (Phi) is 9.27. The Labute approximate surface area is 258 Å². The Morgan fingerprint density at radius 1 is 0.953 bits per heavy atom. The Morgan fingerprint density at radius 3 is 2.42 bits per heavy atom. The van der Waals surface area contributed by atoms with E-state index in [2.05, 4.69) is 10.6 Å². The van der Waals surface area contributed by atoms with Gasteiger partial charge in [-0.15, -0.1) is 23.1 Å². The lowest BCUT2D eigenvalue weighted by Crippen LogP contribution is -2.33. The molecule has 0 aliphatic carbocycles. The summed E-state index contributed by atoms with van der Waals surface area (Å²) in [6, 6.07) is 24.1. The fourth-order valence-electron chi connectivity index (χ4n) is 4.97. The SMILES string of the molecule is COC(=O)c1c(NC(=O)C(Sc2cccc(NC(=O)c3ccccc3C)c2)c2ccccc2)sc2c1CCN(C(C)=O)C2. The molecule has 0 fully saturated rings. The highest BCUT2D eigenvalue weighted by molar-refractivity contribution is 8.00. The minimum atomic E-state index is -0.665. The molecule has 5 rings (SSSR count). The number of rotatable bonds is 8. The van der Waals surface area contributed by atoms with Crippen LogP contribution in [0.1, 0.15) is 54.5 Å². The summed E-state index contributed by atoms with van der Waals surface area (Å²) in [5, 5.41) is 5.71. The lowest BCUT2D eigenvalue weighted by Gasteiger charge is -2.25. The number of methoxy groups -OCH3 is 1. The number of nitrogens with zero attached hydrogens (tertiary/aromatic N) is 1. The largest absolute Gasteiger partial charge is 0.465 e. The van der Waals surface area contributed by atoms with Gasteiger partial charge >= 0.3 is 5.97 Å². The van der Waals surface area contributed by atoms with E-state index >= 15 is 0 Å². The van der Waals surface area contributed by atoms with E-state index in [0.29, 0.717) is 41.3 Å². The summed E-state index contributed by atoms with van der Waals surface area (Å²) in [7, 11) is 1.32. The Balaban J connectivity index is 1.41. The van der Waals surface area contributed by atoms with E-state index in [1.165, 1.54) is 37.1 Å². The minimum Gasteiger partial charge on any atom is -0.465 e. The average molecular weight is 614 g/mol. The van der Waals surface area contributed by atoms with Crippen molar-refractivity contribution in [1.29, 1.82) is 0 Å². The molecule has 0 saturated carbocycles. The van der Waals surface area contributed by atoms with Crippen LogP contribution >= 0.6 is 23.1 Å². The third-order valence-corrected chi connectivity index (χ3v) is 9.58. The number of hydrogen-bond acceptors (Lipinski definition) is 7. The number of anilines is 2. The van der Waals surface area contributed by atoms with Crippen molar-refractivity contribution in [3.8, 4) is 0 Å². The monoisotopic (exact) mass is 613 g/mol. The highest BCUT2D eigenvalue weighted by Crippen LogP contribution is 2.41. The zero-order valence-electron chi connectivity index (χ0n) is 24.0. The molecule has 1 unspecified atom stereocenters. The average Bonchev–Trinajstić information content (AvgIpc) is 3.37. The van der Waals surface area contributed by atoms with Crippen LogP contribution in [0.3, 0.4) is 0 Å². The van der Waals surface area contributed by atoms with Crippen LogP contribution in [0, 0.1) is 6.92 Å². The van der Waals surface area contributed by atoms with Gasteiger partial charge in [-0.2, -0.15) is 0 Å². The van der Waals surface area contributed by atoms with E-state index in [0.717, 1.165) is 26.5 Å². The van der Waals surface area contributed by atoms with Crippen LogP contribution in [-0.2, 0) is 27.3 Å². The maximum Gasteiger partial charge on any atom is 0.341 e. The molecule has 1 aliphatic rings. The molecular formula is C33H31N3O5S2. The van der Waals surface area contributed by atoms with Gasteiger partial charge in [-0.3, -0.25) is 14.4 Å². The first kappa shape index (κ1) is 30.1. The standard InChI is InChI=1S/C33H31N3O5S2/c1-20-10-7-8-15-25(20)30(38)34-23-13-9-14-24(18-23)42-29(22-11-5-4-6-12-22)31(39)35-32-28(33(40)41-3)26-16-17-36(21(2)37)19-27(26)43-32/h4-15,18,29H,16-17,19H2,1-3H3,(H,34,38)(H,35,39). The number of carbonyl (C=O) groups is 4. The molecular weight excluding hydrogens is 583 g/mol. The van der Waals surface area contributed by atoms with Crippen molar-refractivity contribution in [3.63, 3.8) is 0 Å². The number of thioether (sulfide) groups is 1. The highest BCUT2D eigenvalue weighted by atomic mass is 32.2. The summed E-state index contributed by atoms with van der Waals surface area (Å²) in [6.45, 7) is 4.29. The third kappa shape index (κ3) is 6.81. The van der Waals surface area contributed by atoms with Gasteiger partial charge in [-0.25, -0.2) is 4.79 Å². The number of thiophene rings is 1. The van der Waals surface area contributed by atoms with E-state index in [1.807, 2.05) is 73.7 Å². The molecule has 3 aromatic carbocycles. The van der Waals surface area contributed by atoms with E-state index < -0.39 is 11.2 Å². The number of fused-ring (bicyclic) bond motifs is 1. The van der Waals surface area contributed by atoms with Crippen LogP contribution in [0.15, 0.2) is 83.8 Å². The van der Waals surface area contributed by atoms with E-state index in [-0.39, 0.29) is 17.7 Å². The van der Waals surface area contributed by atoms with Gasteiger partial charge in [0, 0.05) is 34.5 Å². The lowest BCUT2D eigenvalue weighted by atomic mass is 10.0. The van der Waals surface area contributed by atoms with Crippen molar-refractivity contribution in [1.82, 2.24) is 4.90 Å². The fraction of sp³-hybridized carbons (Fsp3) is 0.212. The molecule has 43 heavy (non-hydrogen) atoms. The summed E-state index contributed by atoms with van der Waals surface area (Å²) < 4.78 is 5.08. The summed E-state index contributed by atoms with van der Waals surface area (Å²) in [6.07, 6.45) is 0.504. The number of carbonyl (C=O) groups excluding carboxylic acids is 4. The first-order valence-electron chi connectivity index (χ1n) is 13.7. The van der Waals surface area contributed by atoms with Crippen molar-refractivity contribution < 1.29 is 23.9 Å². The molecule has 0 radical (unpaired) electrons. The van der Waals surface area contributed by atoms with Crippen LogP contribution in [0.25, 0.3) is 0 Å². The van der Waals surface area contributed by atoms with Gasteiger partial charge in [0.1, 0.15) is 10.3 Å². The quantitative estimate of drug-likeness (QED) is 0.174. The van der Waals surface area contributed by atoms with Gasteiger partial charge in [0.05, 0.1) is 19.2 Å². The second kappa shape index (κ2) is 13.3. The van der Waals surface area contributed by atoms with Gasteiger partial charge in [-0.1, -0.05) is 54.6 Å². The number of nitrogens with one attached hydrogen (secondary N) is 2. The maximum absolute atomic E-state index is 13.9. The summed E-state index contributed by atoms with van der Waals surface area (Å²) in [5.74, 6) is -1.08. The Bertz CT molecular complexity index is 1690. The van der Waals surface area contributed by atoms with Crippen molar-refractivity contribution in [2.75, 3.05) is 24.3 Å². The molecule has 8 nitrogen and oxygen atoms in total. The zero-order chi connectivity index (χ0) is 30.5. The van der Waals surface area contributed by atoms with E-state index in [1.54, 1.807) is 17.0 Å². The maximum atomic E-state index is 13.9. The predicted octanol–water partition coefficient (Wildman–Crippen LogP) is 6.47.